The number of carbonyl (C=O) groups excluding carboxylic acids is 1. The molecule has 1 aliphatic carbocycles. The van der Waals surface area contributed by atoms with Gasteiger partial charge in [0, 0.05) is 18.0 Å². The molecule has 2 atom stereocenters. The second-order valence-corrected chi connectivity index (χ2v) is 6.36. The van der Waals surface area contributed by atoms with Crippen molar-refractivity contribution < 1.29 is 14.7 Å². The quantitative estimate of drug-likeness (QED) is 0.908. The van der Waals surface area contributed by atoms with Gasteiger partial charge in [0.05, 0.1) is 11.8 Å². The summed E-state index contributed by atoms with van der Waals surface area (Å²) in [7, 11) is 0. The highest BCUT2D eigenvalue weighted by atomic mass is 32.1. The zero-order valence-electron chi connectivity index (χ0n) is 12.0. The van der Waals surface area contributed by atoms with Crippen molar-refractivity contribution in [1.29, 1.82) is 0 Å². The molecular weight excluding hydrogens is 274 g/mol. The molecule has 20 heavy (non-hydrogen) atoms. The maximum atomic E-state index is 12.7. The summed E-state index contributed by atoms with van der Waals surface area (Å²) in [6.45, 7) is 4.41. The predicted molar refractivity (Wildman–Crippen MR) is 79.1 cm³/mol. The number of amides is 1. The first-order chi connectivity index (χ1) is 9.54. The minimum Gasteiger partial charge on any atom is -0.481 e. The summed E-state index contributed by atoms with van der Waals surface area (Å²) in [4.78, 5) is 26.7. The van der Waals surface area contributed by atoms with Crippen LogP contribution in [0.15, 0.2) is 11.4 Å². The largest absolute Gasteiger partial charge is 0.481 e. The third-order valence-corrected chi connectivity index (χ3v) is 4.96. The first-order valence-electron chi connectivity index (χ1n) is 7.12. The Morgan fingerprint density at radius 2 is 2.30 bits per heavy atom. The summed E-state index contributed by atoms with van der Waals surface area (Å²) in [6.07, 6.45) is 2.98. The number of fused-ring (bicyclic) bond motifs is 1. The van der Waals surface area contributed by atoms with Gasteiger partial charge in [0.1, 0.15) is 0 Å². The van der Waals surface area contributed by atoms with Crippen LogP contribution in [0, 0.1) is 5.92 Å². The van der Waals surface area contributed by atoms with Crippen molar-refractivity contribution in [2.75, 3.05) is 13.1 Å². The summed E-state index contributed by atoms with van der Waals surface area (Å²) < 4.78 is 0. The summed E-state index contributed by atoms with van der Waals surface area (Å²) in [5.74, 6) is -1.37. The van der Waals surface area contributed by atoms with E-state index in [1.54, 1.807) is 23.2 Å². The maximum absolute atomic E-state index is 12.7. The van der Waals surface area contributed by atoms with E-state index < -0.39 is 11.9 Å². The van der Waals surface area contributed by atoms with E-state index in [0.717, 1.165) is 24.8 Å². The van der Waals surface area contributed by atoms with Gasteiger partial charge >= 0.3 is 5.97 Å². The van der Waals surface area contributed by atoms with Crippen LogP contribution < -0.4 is 0 Å². The van der Waals surface area contributed by atoms with E-state index in [1.165, 1.54) is 4.88 Å². The van der Waals surface area contributed by atoms with E-state index in [9.17, 15) is 9.59 Å². The van der Waals surface area contributed by atoms with Gasteiger partial charge in [0.15, 0.2) is 0 Å². The molecule has 1 aromatic heterocycles. The van der Waals surface area contributed by atoms with E-state index in [2.05, 4.69) is 6.07 Å². The lowest BCUT2D eigenvalue weighted by Crippen LogP contribution is -2.40. The van der Waals surface area contributed by atoms with Crippen LogP contribution in [-0.2, 0) is 16.0 Å². The molecular formula is C15H21NO3S. The molecule has 5 heteroatoms. The zero-order valence-corrected chi connectivity index (χ0v) is 12.8. The fourth-order valence-electron chi connectivity index (χ4n) is 2.75. The Kier molecular flexibility index (Phi) is 4.81. The minimum absolute atomic E-state index is 0.0778. The van der Waals surface area contributed by atoms with E-state index >= 15 is 0 Å². The second-order valence-electron chi connectivity index (χ2n) is 5.36. The van der Waals surface area contributed by atoms with Crippen molar-refractivity contribution >= 4 is 23.2 Å². The Bertz CT molecular complexity index is 497. The SMILES string of the molecule is CCN(CC(C)C(=O)O)C(=O)C1CCCc2sccc21. The average Bonchev–Trinajstić information content (AvgIpc) is 2.91. The number of thiophene rings is 1. The van der Waals surface area contributed by atoms with Crippen molar-refractivity contribution in [3.05, 3.63) is 21.9 Å². The van der Waals surface area contributed by atoms with Crippen molar-refractivity contribution in [2.45, 2.75) is 39.0 Å². The number of carboxylic acid groups (broad SMARTS) is 1. The van der Waals surface area contributed by atoms with Gasteiger partial charge in [-0.3, -0.25) is 9.59 Å². The molecule has 0 fully saturated rings. The van der Waals surface area contributed by atoms with Gasteiger partial charge in [-0.15, -0.1) is 11.3 Å². The minimum atomic E-state index is -0.851. The Morgan fingerprint density at radius 3 is 2.95 bits per heavy atom. The molecule has 2 rings (SSSR count). The molecule has 4 nitrogen and oxygen atoms in total. The van der Waals surface area contributed by atoms with Crippen LogP contribution in [0.3, 0.4) is 0 Å². The number of hydrogen-bond acceptors (Lipinski definition) is 3. The van der Waals surface area contributed by atoms with Gasteiger partial charge in [0.2, 0.25) is 5.91 Å². The van der Waals surface area contributed by atoms with Crippen molar-refractivity contribution in [1.82, 2.24) is 4.90 Å². The molecule has 0 bridgehead atoms. The van der Waals surface area contributed by atoms with Crippen LogP contribution in [0.1, 0.15) is 43.0 Å². The van der Waals surface area contributed by atoms with E-state index in [-0.39, 0.29) is 11.8 Å². The van der Waals surface area contributed by atoms with Gasteiger partial charge in [-0.1, -0.05) is 6.92 Å². The van der Waals surface area contributed by atoms with Gasteiger partial charge in [-0.05, 0) is 43.2 Å². The lowest BCUT2D eigenvalue weighted by molar-refractivity contribution is -0.143. The summed E-state index contributed by atoms with van der Waals surface area (Å²) >= 11 is 1.72. The fourth-order valence-corrected chi connectivity index (χ4v) is 3.73. The second kappa shape index (κ2) is 6.39. The lowest BCUT2D eigenvalue weighted by Gasteiger charge is -2.29. The number of aliphatic carboxylic acids is 1. The molecule has 0 saturated heterocycles. The van der Waals surface area contributed by atoms with Crippen LogP contribution in [0.5, 0.6) is 0 Å². The highest BCUT2D eigenvalue weighted by Crippen LogP contribution is 2.36. The van der Waals surface area contributed by atoms with E-state index in [0.29, 0.717) is 13.1 Å². The smallest absolute Gasteiger partial charge is 0.308 e. The third kappa shape index (κ3) is 3.03. The molecule has 1 amide bonds. The molecule has 0 aromatic carbocycles. The highest BCUT2D eigenvalue weighted by molar-refractivity contribution is 7.10. The number of carboxylic acids is 1. The number of hydrogen-bond donors (Lipinski definition) is 1. The third-order valence-electron chi connectivity index (χ3n) is 3.96. The summed E-state index contributed by atoms with van der Waals surface area (Å²) in [5, 5.41) is 11.1. The summed E-state index contributed by atoms with van der Waals surface area (Å²) in [6, 6.07) is 2.05. The molecule has 1 aromatic rings. The first kappa shape index (κ1) is 15.0. The molecule has 0 spiro atoms. The molecule has 0 aliphatic heterocycles. The van der Waals surface area contributed by atoms with Gasteiger partial charge < -0.3 is 10.0 Å². The van der Waals surface area contributed by atoms with Crippen LogP contribution >= 0.6 is 11.3 Å². The van der Waals surface area contributed by atoms with Crippen molar-refractivity contribution in [2.24, 2.45) is 5.92 Å². The van der Waals surface area contributed by atoms with Crippen LogP contribution in [0.25, 0.3) is 0 Å². The van der Waals surface area contributed by atoms with Gasteiger partial charge in [-0.2, -0.15) is 0 Å². The molecule has 0 radical (unpaired) electrons. The Morgan fingerprint density at radius 1 is 1.55 bits per heavy atom. The number of nitrogens with zero attached hydrogens (tertiary/aromatic N) is 1. The number of rotatable bonds is 5. The highest BCUT2D eigenvalue weighted by Gasteiger charge is 2.31. The van der Waals surface area contributed by atoms with E-state index in [4.69, 9.17) is 5.11 Å². The molecule has 0 saturated carbocycles. The lowest BCUT2D eigenvalue weighted by atomic mass is 9.86. The van der Waals surface area contributed by atoms with E-state index in [1.807, 2.05) is 12.3 Å². The number of likely N-dealkylation sites (N-methyl/N-ethyl adjacent to an activating group) is 1. The number of carbonyl (C=O) groups is 2. The van der Waals surface area contributed by atoms with Crippen LogP contribution in [0.4, 0.5) is 0 Å². The van der Waals surface area contributed by atoms with Gasteiger partial charge in [0.25, 0.3) is 0 Å². The standard InChI is InChI=1S/C15H21NO3S/c1-3-16(9-10(2)15(18)19)14(17)12-5-4-6-13-11(12)7-8-20-13/h7-8,10,12H,3-6,9H2,1-2H3,(H,18,19). The average molecular weight is 295 g/mol. The predicted octanol–water partition coefficient (Wildman–Crippen LogP) is 2.74. The Labute approximate surface area is 123 Å². The van der Waals surface area contributed by atoms with Crippen molar-refractivity contribution in [3.63, 3.8) is 0 Å². The first-order valence-corrected chi connectivity index (χ1v) is 8.00. The molecule has 1 aliphatic rings. The van der Waals surface area contributed by atoms with Crippen LogP contribution in [0.2, 0.25) is 0 Å². The van der Waals surface area contributed by atoms with Crippen LogP contribution in [-0.4, -0.2) is 35.0 Å². The van der Waals surface area contributed by atoms with Crippen molar-refractivity contribution in [3.8, 4) is 0 Å². The normalized spacial score (nSPS) is 19.2. The Hall–Kier alpha value is -1.36. The summed E-state index contributed by atoms with van der Waals surface area (Å²) in [5.41, 5.74) is 1.16. The molecule has 1 N–H and O–H groups in total. The fraction of sp³-hybridized carbons (Fsp3) is 0.600. The Balaban J connectivity index is 2.12. The van der Waals surface area contributed by atoms with Gasteiger partial charge in [-0.25, -0.2) is 0 Å². The molecule has 1 heterocycles. The number of aryl methyl sites for hydroxylation is 1. The molecule has 2 unspecified atom stereocenters. The maximum Gasteiger partial charge on any atom is 0.308 e. The topological polar surface area (TPSA) is 57.6 Å². The molecule has 110 valence electrons. The monoisotopic (exact) mass is 295 g/mol. The zero-order chi connectivity index (χ0) is 14.7.